The molecule has 9 nitrogen and oxygen atoms in total. The fourth-order valence-electron chi connectivity index (χ4n) is 3.31. The molecule has 0 unspecified atom stereocenters. The molecule has 1 aromatic heterocycles. The topological polar surface area (TPSA) is 131 Å². The molecule has 0 radical (unpaired) electrons. The number of nitrogens with zero attached hydrogens (tertiary/aromatic N) is 2. The van der Waals surface area contributed by atoms with E-state index in [1.165, 1.54) is 12.0 Å². The highest BCUT2D eigenvalue weighted by Gasteiger charge is 2.36. The van der Waals surface area contributed by atoms with E-state index in [1.807, 2.05) is 30.3 Å². The van der Waals surface area contributed by atoms with Crippen LogP contribution in [0.4, 0.5) is 4.79 Å². The number of methoxy groups -OCH3 is 1. The number of aromatic nitrogens is 2. The first kappa shape index (κ1) is 20.5. The fraction of sp³-hybridized carbons (Fsp3) is 0.400. The first-order chi connectivity index (χ1) is 13.9. The van der Waals surface area contributed by atoms with E-state index in [4.69, 9.17) is 5.41 Å². The number of aliphatic hydroxyl groups is 1. The van der Waals surface area contributed by atoms with Gasteiger partial charge in [-0.25, -0.2) is 9.78 Å². The van der Waals surface area contributed by atoms with Gasteiger partial charge in [0.15, 0.2) is 0 Å². The van der Waals surface area contributed by atoms with Crippen LogP contribution in [0.5, 0.6) is 0 Å². The minimum atomic E-state index is -1.18. The summed E-state index contributed by atoms with van der Waals surface area (Å²) in [6.45, 7) is 0.808. The van der Waals surface area contributed by atoms with Crippen LogP contribution in [0.3, 0.4) is 0 Å². The van der Waals surface area contributed by atoms with Crippen LogP contribution >= 0.6 is 0 Å². The summed E-state index contributed by atoms with van der Waals surface area (Å²) in [6, 6.07) is 9.70. The third-order valence-corrected chi connectivity index (χ3v) is 5.04. The van der Waals surface area contributed by atoms with Gasteiger partial charge in [-0.15, -0.1) is 0 Å². The number of benzene rings is 1. The predicted octanol–water partition coefficient (Wildman–Crippen LogP) is 1.70. The van der Waals surface area contributed by atoms with Gasteiger partial charge < -0.3 is 25.0 Å². The second-order valence-corrected chi connectivity index (χ2v) is 7.13. The lowest BCUT2D eigenvalue weighted by molar-refractivity contribution is -0.115. The van der Waals surface area contributed by atoms with Crippen LogP contribution in [0.2, 0.25) is 0 Å². The molecule has 154 valence electrons. The minimum Gasteiger partial charge on any atom is -0.453 e. The molecule has 2 amide bonds. The van der Waals surface area contributed by atoms with Crippen LogP contribution in [0.25, 0.3) is 11.3 Å². The van der Waals surface area contributed by atoms with Crippen LogP contribution in [0.15, 0.2) is 36.5 Å². The van der Waals surface area contributed by atoms with E-state index in [0.29, 0.717) is 18.9 Å². The van der Waals surface area contributed by atoms with Gasteiger partial charge >= 0.3 is 6.09 Å². The van der Waals surface area contributed by atoms with Gasteiger partial charge in [0.25, 0.3) is 5.91 Å². The van der Waals surface area contributed by atoms with Crippen molar-refractivity contribution in [3.63, 3.8) is 0 Å². The zero-order chi connectivity index (χ0) is 20.9. The Hall–Kier alpha value is -3.20. The Morgan fingerprint density at radius 3 is 2.66 bits per heavy atom. The standard InChI is InChI=1S/C20H25N5O4/c1-29-19(27)25-9-7-20(28,8-10-25)11-15(21)18(26)23-13-17-22-12-16(24-17)14-5-3-2-4-6-14/h2-6,12,21,28H,7-11,13H2,1H3,(H,22,24)(H,23,26). The van der Waals surface area contributed by atoms with Crippen LogP contribution < -0.4 is 5.32 Å². The summed E-state index contributed by atoms with van der Waals surface area (Å²) < 4.78 is 4.67. The number of imidazole rings is 1. The average Bonchev–Trinajstić information content (AvgIpc) is 3.21. The van der Waals surface area contributed by atoms with Crippen LogP contribution in [-0.4, -0.2) is 63.5 Å². The average molecular weight is 399 g/mol. The van der Waals surface area contributed by atoms with Crippen molar-refractivity contribution in [2.75, 3.05) is 20.2 Å². The van der Waals surface area contributed by atoms with Crippen molar-refractivity contribution in [1.29, 1.82) is 5.41 Å². The minimum absolute atomic E-state index is 0.0682. The van der Waals surface area contributed by atoms with E-state index in [2.05, 4.69) is 20.0 Å². The first-order valence-corrected chi connectivity index (χ1v) is 9.40. The number of H-pyrrole nitrogens is 1. The molecule has 0 bridgehead atoms. The molecule has 1 saturated heterocycles. The number of hydrogen-bond donors (Lipinski definition) is 4. The zero-order valence-electron chi connectivity index (χ0n) is 16.3. The second kappa shape index (κ2) is 8.87. The maximum Gasteiger partial charge on any atom is 0.409 e. The van der Waals surface area contributed by atoms with Crippen molar-refractivity contribution in [3.05, 3.63) is 42.4 Å². The molecule has 0 atom stereocenters. The summed E-state index contributed by atoms with van der Waals surface area (Å²) in [5.74, 6) is 0.0292. The molecule has 0 aliphatic carbocycles. The quantitative estimate of drug-likeness (QED) is 0.549. The van der Waals surface area contributed by atoms with Gasteiger partial charge in [0, 0.05) is 19.5 Å². The summed E-state index contributed by atoms with van der Waals surface area (Å²) in [5, 5.41) is 21.3. The van der Waals surface area contributed by atoms with E-state index >= 15 is 0 Å². The second-order valence-electron chi connectivity index (χ2n) is 7.13. The number of rotatable bonds is 6. The Morgan fingerprint density at radius 2 is 2.00 bits per heavy atom. The van der Waals surface area contributed by atoms with Crippen molar-refractivity contribution in [3.8, 4) is 11.3 Å². The van der Waals surface area contributed by atoms with E-state index in [-0.39, 0.29) is 31.5 Å². The van der Waals surface area contributed by atoms with Crippen molar-refractivity contribution < 1.29 is 19.4 Å². The molecule has 29 heavy (non-hydrogen) atoms. The lowest BCUT2D eigenvalue weighted by atomic mass is 9.86. The maximum atomic E-state index is 12.3. The number of amides is 2. The molecule has 1 aromatic carbocycles. The summed E-state index contributed by atoms with van der Waals surface area (Å²) in [5.41, 5.74) is 0.459. The number of piperidine rings is 1. The van der Waals surface area contributed by atoms with Crippen LogP contribution in [0.1, 0.15) is 25.1 Å². The molecule has 2 aromatic rings. The number of likely N-dealkylation sites (tertiary alicyclic amines) is 1. The molecule has 1 aliphatic rings. The Bertz CT molecular complexity index is 872. The van der Waals surface area contributed by atoms with Gasteiger partial charge in [-0.05, 0) is 18.4 Å². The smallest absolute Gasteiger partial charge is 0.409 e. The molecule has 0 spiro atoms. The molecule has 0 saturated carbocycles. The highest BCUT2D eigenvalue weighted by atomic mass is 16.5. The predicted molar refractivity (Wildman–Crippen MR) is 106 cm³/mol. The summed E-state index contributed by atoms with van der Waals surface area (Å²) in [6.07, 6.45) is 1.77. The first-order valence-electron chi connectivity index (χ1n) is 9.40. The third-order valence-electron chi connectivity index (χ3n) is 5.04. The number of aromatic amines is 1. The molecule has 3 rings (SSSR count). The fourth-order valence-corrected chi connectivity index (χ4v) is 3.31. The van der Waals surface area contributed by atoms with Crippen LogP contribution in [-0.2, 0) is 16.1 Å². The SMILES string of the molecule is COC(=O)N1CCC(O)(CC(=N)C(=O)NCc2ncc(-c3ccccc3)[nH]2)CC1. The van der Waals surface area contributed by atoms with Gasteiger partial charge in [-0.3, -0.25) is 10.2 Å². The van der Waals surface area contributed by atoms with Gasteiger partial charge in [0.2, 0.25) is 0 Å². The largest absolute Gasteiger partial charge is 0.453 e. The molecule has 2 heterocycles. The van der Waals surface area contributed by atoms with Crippen molar-refractivity contribution in [2.24, 2.45) is 0 Å². The van der Waals surface area contributed by atoms with E-state index in [0.717, 1.165) is 11.3 Å². The summed E-state index contributed by atoms with van der Waals surface area (Å²) in [7, 11) is 1.31. The van der Waals surface area contributed by atoms with E-state index in [9.17, 15) is 14.7 Å². The van der Waals surface area contributed by atoms with Crippen LogP contribution in [0, 0.1) is 5.41 Å². The summed E-state index contributed by atoms with van der Waals surface area (Å²) >= 11 is 0. The normalized spacial score (nSPS) is 15.6. The molecule has 1 aliphatic heterocycles. The molecular weight excluding hydrogens is 374 g/mol. The number of carbonyl (C=O) groups excluding carboxylic acids is 2. The van der Waals surface area contributed by atoms with Crippen molar-refractivity contribution in [2.45, 2.75) is 31.4 Å². The lowest BCUT2D eigenvalue weighted by Gasteiger charge is -2.37. The Kier molecular flexibility index (Phi) is 6.28. The number of carbonyl (C=O) groups is 2. The number of ether oxygens (including phenoxy) is 1. The molecule has 1 fully saturated rings. The molecule has 4 N–H and O–H groups in total. The van der Waals surface area contributed by atoms with E-state index in [1.54, 1.807) is 6.20 Å². The monoisotopic (exact) mass is 399 g/mol. The van der Waals surface area contributed by atoms with Gasteiger partial charge in [-0.2, -0.15) is 0 Å². The molecular formula is C20H25N5O4. The Labute approximate surface area is 168 Å². The highest BCUT2D eigenvalue weighted by Crippen LogP contribution is 2.26. The number of hydrogen-bond acceptors (Lipinski definition) is 6. The maximum absolute atomic E-state index is 12.3. The van der Waals surface area contributed by atoms with Crippen molar-refractivity contribution in [1.82, 2.24) is 20.2 Å². The third kappa shape index (κ3) is 5.20. The van der Waals surface area contributed by atoms with Crippen molar-refractivity contribution >= 4 is 17.7 Å². The Morgan fingerprint density at radius 1 is 1.31 bits per heavy atom. The Balaban J connectivity index is 1.48. The summed E-state index contributed by atoms with van der Waals surface area (Å²) in [4.78, 5) is 32.7. The zero-order valence-corrected chi connectivity index (χ0v) is 16.3. The van der Waals surface area contributed by atoms with E-state index < -0.39 is 17.6 Å². The van der Waals surface area contributed by atoms with Gasteiger partial charge in [0.1, 0.15) is 5.82 Å². The highest BCUT2D eigenvalue weighted by molar-refractivity contribution is 6.37. The van der Waals surface area contributed by atoms with Gasteiger partial charge in [0.05, 0.1) is 36.9 Å². The molecule has 9 heteroatoms. The lowest BCUT2D eigenvalue weighted by Crippen LogP contribution is -2.48. The van der Waals surface area contributed by atoms with Gasteiger partial charge in [-0.1, -0.05) is 30.3 Å². The number of nitrogens with one attached hydrogen (secondary N) is 3.